The maximum Gasteiger partial charge on any atom is 0.263 e. The lowest BCUT2D eigenvalue weighted by atomic mass is 10.2. The van der Waals surface area contributed by atoms with Gasteiger partial charge in [-0.3, -0.25) is 9.69 Å². The number of hydrogen-bond acceptors (Lipinski definition) is 5. The molecule has 156 valence electrons. The molecule has 5 nitrogen and oxygen atoms in total. The predicted molar refractivity (Wildman–Crippen MR) is 119 cm³/mol. The lowest BCUT2D eigenvalue weighted by Crippen LogP contribution is -2.39. The van der Waals surface area contributed by atoms with Crippen molar-refractivity contribution in [2.45, 2.75) is 13.8 Å². The second-order valence-corrected chi connectivity index (χ2v) is 7.28. The largest absolute Gasteiger partial charge is 0.494 e. The number of fused-ring (bicyclic) bond motifs is 1. The summed E-state index contributed by atoms with van der Waals surface area (Å²) in [6.45, 7) is 7.03. The molecule has 0 aliphatic rings. The van der Waals surface area contributed by atoms with Crippen LogP contribution >= 0.6 is 23.7 Å². The molecule has 29 heavy (non-hydrogen) atoms. The molecule has 0 aliphatic carbocycles. The van der Waals surface area contributed by atoms with Crippen molar-refractivity contribution < 1.29 is 13.9 Å². The summed E-state index contributed by atoms with van der Waals surface area (Å²) in [6, 6.07) is 11.7. The van der Waals surface area contributed by atoms with E-state index in [1.54, 1.807) is 24.1 Å². The standard InChI is InChI=1S/C21H24FN3O2S.ClH/c1-4-24(5-2)13-14-25(20(26)15-9-6-7-10-16(15)22)21-23-19-17(27-3)11-8-12-18(19)28-21;/h6-12H,4-5,13-14H2,1-3H3;1H. The Labute approximate surface area is 180 Å². The fourth-order valence-electron chi connectivity index (χ4n) is 3.04. The normalized spacial score (nSPS) is 10.8. The molecule has 0 N–H and O–H groups in total. The molecule has 1 amide bonds. The van der Waals surface area contributed by atoms with Crippen LogP contribution in [0.15, 0.2) is 42.5 Å². The van der Waals surface area contributed by atoms with Gasteiger partial charge < -0.3 is 9.64 Å². The Balaban J connectivity index is 0.00000300. The highest BCUT2D eigenvalue weighted by Gasteiger charge is 2.24. The van der Waals surface area contributed by atoms with Crippen LogP contribution in [-0.4, -0.2) is 49.1 Å². The van der Waals surface area contributed by atoms with Gasteiger partial charge in [0.2, 0.25) is 0 Å². The number of thiazole rings is 1. The minimum Gasteiger partial charge on any atom is -0.494 e. The zero-order valence-electron chi connectivity index (χ0n) is 16.7. The second kappa shape index (κ2) is 10.5. The maximum absolute atomic E-state index is 14.3. The van der Waals surface area contributed by atoms with Crippen molar-refractivity contribution in [3.8, 4) is 5.75 Å². The Morgan fingerprint density at radius 1 is 1.10 bits per heavy atom. The number of likely N-dealkylation sites (N-methyl/N-ethyl adjacent to an activating group) is 1. The molecular formula is C21H25ClFN3O2S. The van der Waals surface area contributed by atoms with Crippen LogP contribution in [-0.2, 0) is 0 Å². The number of para-hydroxylation sites is 1. The van der Waals surface area contributed by atoms with Crippen molar-refractivity contribution in [1.82, 2.24) is 9.88 Å². The maximum atomic E-state index is 14.3. The molecule has 0 fully saturated rings. The van der Waals surface area contributed by atoms with Gasteiger partial charge >= 0.3 is 0 Å². The highest BCUT2D eigenvalue weighted by molar-refractivity contribution is 7.22. The van der Waals surface area contributed by atoms with Gasteiger partial charge in [-0.2, -0.15) is 0 Å². The number of methoxy groups -OCH3 is 1. The molecule has 3 rings (SSSR count). The first-order valence-electron chi connectivity index (χ1n) is 9.31. The summed E-state index contributed by atoms with van der Waals surface area (Å²) in [5.41, 5.74) is 0.757. The van der Waals surface area contributed by atoms with Gasteiger partial charge in [0, 0.05) is 13.1 Å². The first-order chi connectivity index (χ1) is 13.6. The molecule has 0 aliphatic heterocycles. The zero-order valence-corrected chi connectivity index (χ0v) is 18.4. The molecule has 1 aromatic heterocycles. The molecule has 1 heterocycles. The molecule has 0 bridgehead atoms. The van der Waals surface area contributed by atoms with E-state index in [1.165, 1.54) is 23.5 Å². The fourth-order valence-corrected chi connectivity index (χ4v) is 4.04. The minimum absolute atomic E-state index is 0. The average Bonchev–Trinajstić information content (AvgIpc) is 3.15. The molecule has 0 spiro atoms. The quantitative estimate of drug-likeness (QED) is 0.505. The van der Waals surface area contributed by atoms with Crippen LogP contribution in [0.3, 0.4) is 0 Å². The summed E-state index contributed by atoms with van der Waals surface area (Å²) in [4.78, 5) is 21.6. The van der Waals surface area contributed by atoms with Crippen LogP contribution in [0.2, 0.25) is 0 Å². The lowest BCUT2D eigenvalue weighted by Gasteiger charge is -2.24. The van der Waals surface area contributed by atoms with Crippen LogP contribution in [0.4, 0.5) is 9.52 Å². The SMILES string of the molecule is CCN(CC)CCN(C(=O)c1ccccc1F)c1nc2c(OC)cccc2s1.Cl. The first kappa shape index (κ1) is 23.1. The Kier molecular flexibility index (Phi) is 8.37. The van der Waals surface area contributed by atoms with Crippen LogP contribution in [0.1, 0.15) is 24.2 Å². The van der Waals surface area contributed by atoms with Crippen LogP contribution < -0.4 is 9.64 Å². The topological polar surface area (TPSA) is 45.7 Å². The fraction of sp³-hybridized carbons (Fsp3) is 0.333. The highest BCUT2D eigenvalue weighted by Crippen LogP contribution is 2.34. The Morgan fingerprint density at radius 3 is 2.48 bits per heavy atom. The molecule has 0 saturated heterocycles. The zero-order chi connectivity index (χ0) is 20.1. The van der Waals surface area contributed by atoms with Gasteiger partial charge in [-0.25, -0.2) is 9.37 Å². The van der Waals surface area contributed by atoms with Crippen LogP contribution in [0.25, 0.3) is 10.2 Å². The van der Waals surface area contributed by atoms with E-state index >= 15 is 0 Å². The van der Waals surface area contributed by atoms with Crippen LogP contribution in [0, 0.1) is 5.82 Å². The third-order valence-corrected chi connectivity index (χ3v) is 5.75. The van der Waals surface area contributed by atoms with Gasteiger partial charge in [-0.1, -0.05) is 43.4 Å². The van der Waals surface area contributed by atoms with E-state index in [4.69, 9.17) is 4.74 Å². The Bertz CT molecular complexity index is 962. The summed E-state index contributed by atoms with van der Waals surface area (Å²) < 4.78 is 20.6. The molecule has 0 unspecified atom stereocenters. The number of anilines is 1. The van der Waals surface area contributed by atoms with Crippen LogP contribution in [0.5, 0.6) is 5.75 Å². The number of carbonyl (C=O) groups is 1. The molecule has 0 atom stereocenters. The van der Waals surface area contributed by atoms with Gasteiger partial charge in [0.15, 0.2) is 5.13 Å². The van der Waals surface area contributed by atoms with E-state index in [1.807, 2.05) is 18.2 Å². The van der Waals surface area contributed by atoms with E-state index in [0.717, 1.165) is 17.8 Å². The van der Waals surface area contributed by atoms with Gasteiger partial charge in [0.05, 0.1) is 17.4 Å². The highest BCUT2D eigenvalue weighted by atomic mass is 35.5. The van der Waals surface area contributed by atoms with Crippen molar-refractivity contribution in [3.05, 3.63) is 53.8 Å². The molecule has 0 radical (unpaired) electrons. The Morgan fingerprint density at radius 2 is 1.83 bits per heavy atom. The molecule has 3 aromatic rings. The average molecular weight is 438 g/mol. The van der Waals surface area contributed by atoms with E-state index in [2.05, 4.69) is 23.7 Å². The van der Waals surface area contributed by atoms with E-state index in [9.17, 15) is 9.18 Å². The lowest BCUT2D eigenvalue weighted by molar-refractivity contribution is 0.0980. The number of halogens is 2. The summed E-state index contributed by atoms with van der Waals surface area (Å²) in [5.74, 6) is -0.260. The van der Waals surface area contributed by atoms with Crippen molar-refractivity contribution >= 4 is 45.0 Å². The number of aromatic nitrogens is 1. The number of nitrogens with zero attached hydrogens (tertiary/aromatic N) is 3. The number of ether oxygens (including phenoxy) is 1. The van der Waals surface area contributed by atoms with Gasteiger partial charge in [-0.15, -0.1) is 12.4 Å². The van der Waals surface area contributed by atoms with Crippen molar-refractivity contribution in [2.75, 3.05) is 38.2 Å². The van der Waals surface area contributed by atoms with Crippen molar-refractivity contribution in [2.24, 2.45) is 0 Å². The summed E-state index contributed by atoms with van der Waals surface area (Å²) in [7, 11) is 1.59. The molecular weight excluding hydrogens is 413 g/mol. The van der Waals surface area contributed by atoms with Crippen molar-refractivity contribution in [3.63, 3.8) is 0 Å². The molecule has 8 heteroatoms. The first-order valence-corrected chi connectivity index (χ1v) is 10.1. The third kappa shape index (κ3) is 5.04. The number of carbonyl (C=O) groups excluding carboxylic acids is 1. The van der Waals surface area contributed by atoms with Gasteiger partial charge in [-0.05, 0) is 37.4 Å². The predicted octanol–water partition coefficient (Wildman–Crippen LogP) is 4.85. The number of hydrogen-bond donors (Lipinski definition) is 0. The Hall–Kier alpha value is -2.22. The third-order valence-electron chi connectivity index (χ3n) is 4.71. The summed E-state index contributed by atoms with van der Waals surface area (Å²) in [5, 5.41) is 0.542. The number of rotatable bonds is 8. The number of benzene rings is 2. The summed E-state index contributed by atoms with van der Waals surface area (Å²) in [6.07, 6.45) is 0. The smallest absolute Gasteiger partial charge is 0.263 e. The van der Waals surface area contributed by atoms with E-state index in [-0.39, 0.29) is 23.9 Å². The van der Waals surface area contributed by atoms with Gasteiger partial charge in [0.1, 0.15) is 17.1 Å². The van der Waals surface area contributed by atoms with Crippen molar-refractivity contribution in [1.29, 1.82) is 0 Å². The van der Waals surface area contributed by atoms with Gasteiger partial charge in [0.25, 0.3) is 5.91 Å². The van der Waals surface area contributed by atoms with E-state index in [0.29, 0.717) is 29.5 Å². The summed E-state index contributed by atoms with van der Waals surface area (Å²) >= 11 is 1.40. The molecule has 2 aromatic carbocycles. The minimum atomic E-state index is -0.529. The monoisotopic (exact) mass is 437 g/mol. The number of amides is 1. The van der Waals surface area contributed by atoms with E-state index < -0.39 is 5.82 Å². The second-order valence-electron chi connectivity index (χ2n) is 6.27. The molecule has 0 saturated carbocycles.